The first-order valence-corrected chi connectivity index (χ1v) is 6.99. The highest BCUT2D eigenvalue weighted by Gasteiger charge is 2.32. The van der Waals surface area contributed by atoms with Crippen LogP contribution in [0.2, 0.25) is 0 Å². The summed E-state index contributed by atoms with van der Waals surface area (Å²) in [6.07, 6.45) is 2.40. The summed E-state index contributed by atoms with van der Waals surface area (Å²) in [5.41, 5.74) is 5.36. The van der Waals surface area contributed by atoms with E-state index in [1.54, 1.807) is 0 Å². The SMILES string of the molecule is Fc1ccc(C(NOCc2ccccc2)C2CC2)cc1. The second-order valence-corrected chi connectivity index (χ2v) is 5.26. The van der Waals surface area contributed by atoms with Crippen molar-refractivity contribution in [1.82, 2.24) is 5.48 Å². The van der Waals surface area contributed by atoms with Gasteiger partial charge < -0.3 is 0 Å². The van der Waals surface area contributed by atoms with Crippen LogP contribution in [0, 0.1) is 11.7 Å². The zero-order valence-corrected chi connectivity index (χ0v) is 11.3. The Hall–Kier alpha value is -1.71. The molecule has 0 heterocycles. The number of hydroxylamine groups is 1. The van der Waals surface area contributed by atoms with Crippen molar-refractivity contribution in [3.63, 3.8) is 0 Å². The van der Waals surface area contributed by atoms with E-state index in [1.807, 2.05) is 42.5 Å². The van der Waals surface area contributed by atoms with Crippen LogP contribution in [-0.4, -0.2) is 0 Å². The number of benzene rings is 2. The molecule has 0 bridgehead atoms. The Kier molecular flexibility index (Phi) is 4.09. The molecule has 1 atom stereocenters. The van der Waals surface area contributed by atoms with Gasteiger partial charge in [-0.1, -0.05) is 42.5 Å². The predicted molar refractivity (Wildman–Crippen MR) is 76.2 cm³/mol. The average Bonchev–Trinajstić information content (AvgIpc) is 3.31. The highest BCUT2D eigenvalue weighted by Crippen LogP contribution is 2.41. The molecule has 3 rings (SSSR count). The molecule has 1 aliphatic carbocycles. The summed E-state index contributed by atoms with van der Waals surface area (Å²) in [6.45, 7) is 0.533. The average molecular weight is 271 g/mol. The Morgan fingerprint density at radius 1 is 1.05 bits per heavy atom. The van der Waals surface area contributed by atoms with E-state index in [0.29, 0.717) is 12.5 Å². The van der Waals surface area contributed by atoms with E-state index in [9.17, 15) is 4.39 Å². The van der Waals surface area contributed by atoms with Gasteiger partial charge in [0.1, 0.15) is 5.82 Å². The molecule has 0 spiro atoms. The summed E-state index contributed by atoms with van der Waals surface area (Å²) in [4.78, 5) is 5.62. The molecule has 0 amide bonds. The van der Waals surface area contributed by atoms with Crippen molar-refractivity contribution in [2.24, 2.45) is 5.92 Å². The molecule has 2 nitrogen and oxygen atoms in total. The van der Waals surface area contributed by atoms with E-state index in [0.717, 1.165) is 11.1 Å². The quantitative estimate of drug-likeness (QED) is 0.802. The van der Waals surface area contributed by atoms with Gasteiger partial charge in [0.15, 0.2) is 0 Å². The molecule has 3 heteroatoms. The third kappa shape index (κ3) is 3.44. The smallest absolute Gasteiger partial charge is 0.123 e. The van der Waals surface area contributed by atoms with Crippen LogP contribution in [0.4, 0.5) is 4.39 Å². The van der Waals surface area contributed by atoms with Crippen LogP contribution >= 0.6 is 0 Å². The minimum Gasteiger partial charge on any atom is -0.296 e. The van der Waals surface area contributed by atoms with Crippen LogP contribution in [0.3, 0.4) is 0 Å². The predicted octanol–water partition coefficient (Wildman–Crippen LogP) is 4.00. The zero-order valence-electron chi connectivity index (χ0n) is 11.3. The second-order valence-electron chi connectivity index (χ2n) is 5.26. The van der Waals surface area contributed by atoms with Gasteiger partial charge in [-0.25, -0.2) is 4.39 Å². The molecule has 1 fully saturated rings. The third-order valence-corrected chi connectivity index (χ3v) is 3.61. The van der Waals surface area contributed by atoms with Gasteiger partial charge in [0.25, 0.3) is 0 Å². The number of halogens is 1. The van der Waals surface area contributed by atoms with Crippen molar-refractivity contribution in [3.05, 3.63) is 71.5 Å². The number of hydrogen-bond donors (Lipinski definition) is 1. The molecule has 0 saturated heterocycles. The first-order chi connectivity index (χ1) is 9.83. The van der Waals surface area contributed by atoms with Crippen molar-refractivity contribution >= 4 is 0 Å². The highest BCUT2D eigenvalue weighted by molar-refractivity contribution is 5.21. The largest absolute Gasteiger partial charge is 0.296 e. The maximum atomic E-state index is 13.0. The lowest BCUT2D eigenvalue weighted by Crippen LogP contribution is -2.23. The van der Waals surface area contributed by atoms with E-state index in [2.05, 4.69) is 5.48 Å². The Labute approximate surface area is 118 Å². The Balaban J connectivity index is 1.59. The Bertz CT molecular complexity index is 537. The lowest BCUT2D eigenvalue weighted by Gasteiger charge is -2.18. The molecule has 1 aliphatic rings. The normalized spacial score (nSPS) is 16.1. The maximum absolute atomic E-state index is 13.0. The molecular weight excluding hydrogens is 253 g/mol. The van der Waals surface area contributed by atoms with Crippen molar-refractivity contribution in [2.45, 2.75) is 25.5 Å². The summed E-state index contributed by atoms with van der Waals surface area (Å²) in [5, 5.41) is 0. The standard InChI is InChI=1S/C17H18FNO/c18-16-10-8-15(9-11-16)17(14-6-7-14)19-20-12-13-4-2-1-3-5-13/h1-5,8-11,14,17,19H,6-7,12H2. The van der Waals surface area contributed by atoms with Gasteiger partial charge in [-0.05, 0) is 42.0 Å². The van der Waals surface area contributed by atoms with E-state index in [-0.39, 0.29) is 11.9 Å². The first-order valence-electron chi connectivity index (χ1n) is 6.99. The zero-order chi connectivity index (χ0) is 13.8. The van der Waals surface area contributed by atoms with Gasteiger partial charge in [0.05, 0.1) is 12.6 Å². The van der Waals surface area contributed by atoms with Gasteiger partial charge in [-0.2, -0.15) is 5.48 Å². The van der Waals surface area contributed by atoms with Gasteiger partial charge in [0, 0.05) is 0 Å². The summed E-state index contributed by atoms with van der Waals surface area (Å²) in [7, 11) is 0. The minimum absolute atomic E-state index is 0.152. The lowest BCUT2D eigenvalue weighted by molar-refractivity contribution is -0.00228. The van der Waals surface area contributed by atoms with Gasteiger partial charge in [-0.3, -0.25) is 4.84 Å². The van der Waals surface area contributed by atoms with Crippen LogP contribution in [0.15, 0.2) is 54.6 Å². The Morgan fingerprint density at radius 3 is 2.40 bits per heavy atom. The number of rotatable bonds is 6. The first kappa shape index (κ1) is 13.3. The molecule has 104 valence electrons. The molecule has 0 aliphatic heterocycles. The van der Waals surface area contributed by atoms with Crippen molar-refractivity contribution in [3.8, 4) is 0 Å². The van der Waals surface area contributed by atoms with Crippen molar-refractivity contribution in [2.75, 3.05) is 0 Å². The van der Waals surface area contributed by atoms with E-state index in [4.69, 9.17) is 4.84 Å². The molecule has 0 radical (unpaired) electrons. The maximum Gasteiger partial charge on any atom is 0.123 e. The van der Waals surface area contributed by atoms with Gasteiger partial charge >= 0.3 is 0 Å². The molecular formula is C17H18FNO. The van der Waals surface area contributed by atoms with E-state index < -0.39 is 0 Å². The number of nitrogens with one attached hydrogen (secondary N) is 1. The Morgan fingerprint density at radius 2 is 1.75 bits per heavy atom. The molecule has 1 saturated carbocycles. The lowest BCUT2D eigenvalue weighted by atomic mass is 10.0. The topological polar surface area (TPSA) is 21.3 Å². The monoisotopic (exact) mass is 271 g/mol. The van der Waals surface area contributed by atoms with Gasteiger partial charge in [0.2, 0.25) is 0 Å². The van der Waals surface area contributed by atoms with E-state index >= 15 is 0 Å². The van der Waals surface area contributed by atoms with Crippen molar-refractivity contribution in [1.29, 1.82) is 0 Å². The summed E-state index contributed by atoms with van der Waals surface area (Å²) in [6, 6.07) is 16.9. The molecule has 2 aromatic carbocycles. The molecule has 2 aromatic rings. The molecule has 1 N–H and O–H groups in total. The molecule has 20 heavy (non-hydrogen) atoms. The summed E-state index contributed by atoms with van der Waals surface area (Å²) >= 11 is 0. The summed E-state index contributed by atoms with van der Waals surface area (Å²) in [5.74, 6) is 0.393. The van der Waals surface area contributed by atoms with Crippen LogP contribution in [-0.2, 0) is 11.4 Å². The van der Waals surface area contributed by atoms with Crippen LogP contribution in [0.5, 0.6) is 0 Å². The molecule has 0 aromatic heterocycles. The third-order valence-electron chi connectivity index (χ3n) is 3.61. The molecule has 1 unspecified atom stereocenters. The fraction of sp³-hybridized carbons (Fsp3) is 0.294. The van der Waals surface area contributed by atoms with E-state index in [1.165, 1.54) is 25.0 Å². The van der Waals surface area contributed by atoms with Crippen LogP contribution in [0.25, 0.3) is 0 Å². The summed E-state index contributed by atoms with van der Waals surface area (Å²) < 4.78 is 13.0. The van der Waals surface area contributed by atoms with Crippen molar-refractivity contribution < 1.29 is 9.23 Å². The van der Waals surface area contributed by atoms with Gasteiger partial charge in [-0.15, -0.1) is 0 Å². The fourth-order valence-electron chi connectivity index (χ4n) is 2.33. The highest BCUT2D eigenvalue weighted by atomic mass is 19.1. The fourth-order valence-corrected chi connectivity index (χ4v) is 2.33. The van der Waals surface area contributed by atoms with Crippen LogP contribution < -0.4 is 5.48 Å². The van der Waals surface area contributed by atoms with Crippen LogP contribution in [0.1, 0.15) is 30.0 Å². The number of hydrogen-bond acceptors (Lipinski definition) is 2. The minimum atomic E-state index is -0.200. The second kappa shape index (κ2) is 6.16.